The fourth-order valence-electron chi connectivity index (χ4n) is 6.82. The molecule has 230 valence electrons. The minimum Gasteiger partial charge on any atom is -0.354 e. The predicted molar refractivity (Wildman–Crippen MR) is 178 cm³/mol. The van der Waals surface area contributed by atoms with Crippen molar-refractivity contribution in [2.24, 2.45) is 0 Å². The molecule has 0 bridgehead atoms. The van der Waals surface area contributed by atoms with E-state index in [1.807, 2.05) is 49.9 Å². The number of aromatic nitrogens is 3. The minimum atomic E-state index is -0.668. The van der Waals surface area contributed by atoms with Crippen molar-refractivity contribution >= 4 is 45.8 Å². The van der Waals surface area contributed by atoms with Crippen molar-refractivity contribution in [2.75, 3.05) is 36.5 Å². The molecule has 1 saturated heterocycles. The first kappa shape index (κ1) is 29.2. The molecule has 45 heavy (non-hydrogen) atoms. The number of carbonyl (C=O) groups is 2. The average Bonchev–Trinajstić information content (AvgIpc) is 3.89. The van der Waals surface area contributed by atoms with Gasteiger partial charge in [-0.15, -0.1) is 0 Å². The lowest BCUT2D eigenvalue weighted by Crippen LogP contribution is -2.63. The van der Waals surface area contributed by atoms with Crippen LogP contribution in [0, 0.1) is 6.92 Å². The number of carbonyl (C=O) groups excluding carboxylic acids is 2. The fraction of sp³-hybridized carbons (Fsp3) is 0.343. The van der Waals surface area contributed by atoms with E-state index in [0.717, 1.165) is 16.8 Å². The Morgan fingerprint density at radius 3 is 2.58 bits per heavy atom. The van der Waals surface area contributed by atoms with Crippen molar-refractivity contribution in [3.05, 3.63) is 87.4 Å². The van der Waals surface area contributed by atoms with Gasteiger partial charge < -0.3 is 14.7 Å². The SMILES string of the molecule is C=CC(=O)N1CCN2c3c(c(=O)n(-c4c(C)ccnc4C(C)C)c4nc(-c5cccc(C6CC6)c5)c(Cl)cc34)N(C)C(=O)[C@H]2C1. The van der Waals surface area contributed by atoms with Gasteiger partial charge in [-0.05, 0) is 67.0 Å². The molecule has 9 nitrogen and oxygen atoms in total. The predicted octanol–water partition coefficient (Wildman–Crippen LogP) is 5.59. The first-order valence-electron chi connectivity index (χ1n) is 15.4. The Kier molecular flexibility index (Phi) is 7.04. The Morgan fingerprint density at radius 1 is 1.09 bits per heavy atom. The largest absolute Gasteiger partial charge is 0.354 e. The van der Waals surface area contributed by atoms with E-state index in [9.17, 15) is 14.4 Å². The monoisotopic (exact) mass is 622 g/mol. The summed E-state index contributed by atoms with van der Waals surface area (Å²) in [5.74, 6) is 0.0793. The van der Waals surface area contributed by atoms with E-state index >= 15 is 0 Å². The molecule has 1 aliphatic carbocycles. The Hall–Kier alpha value is -4.50. The summed E-state index contributed by atoms with van der Waals surface area (Å²) in [6, 6.07) is 11.4. The summed E-state index contributed by atoms with van der Waals surface area (Å²) in [5.41, 5.74) is 5.95. The minimum absolute atomic E-state index is 0.0130. The highest BCUT2D eigenvalue weighted by molar-refractivity contribution is 6.34. The molecule has 5 heterocycles. The van der Waals surface area contributed by atoms with Crippen LogP contribution in [0.25, 0.3) is 28.0 Å². The molecule has 2 amide bonds. The lowest BCUT2D eigenvalue weighted by atomic mass is 9.99. The zero-order valence-electron chi connectivity index (χ0n) is 25.9. The maximum atomic E-state index is 14.9. The van der Waals surface area contributed by atoms with Crippen LogP contribution >= 0.6 is 11.6 Å². The number of halogens is 1. The summed E-state index contributed by atoms with van der Waals surface area (Å²) >= 11 is 7.08. The third kappa shape index (κ3) is 4.63. The molecule has 7 rings (SSSR count). The highest BCUT2D eigenvalue weighted by Crippen LogP contribution is 2.45. The number of piperazine rings is 1. The van der Waals surface area contributed by atoms with Gasteiger partial charge in [0.05, 0.1) is 34.3 Å². The van der Waals surface area contributed by atoms with Crippen molar-refractivity contribution in [1.82, 2.24) is 19.4 Å². The normalized spacial score (nSPS) is 18.0. The van der Waals surface area contributed by atoms with Gasteiger partial charge in [-0.3, -0.25) is 23.9 Å². The number of nitrogens with zero attached hydrogens (tertiary/aromatic N) is 6. The zero-order chi connectivity index (χ0) is 31.7. The van der Waals surface area contributed by atoms with Crippen LogP contribution in [0.15, 0.2) is 60.0 Å². The first-order valence-corrected chi connectivity index (χ1v) is 15.8. The number of amides is 2. The number of hydrogen-bond acceptors (Lipinski definition) is 6. The third-order valence-corrected chi connectivity index (χ3v) is 9.58. The zero-order valence-corrected chi connectivity index (χ0v) is 26.6. The number of anilines is 2. The fourth-order valence-corrected chi connectivity index (χ4v) is 7.08. The van der Waals surface area contributed by atoms with Crippen LogP contribution in [0.2, 0.25) is 5.02 Å². The number of pyridine rings is 3. The second kappa shape index (κ2) is 10.8. The van der Waals surface area contributed by atoms with Crippen molar-refractivity contribution in [3.63, 3.8) is 0 Å². The smallest absolute Gasteiger partial charge is 0.283 e. The summed E-state index contributed by atoms with van der Waals surface area (Å²) in [5, 5.41) is 1.11. The van der Waals surface area contributed by atoms with E-state index in [2.05, 4.69) is 18.7 Å². The summed E-state index contributed by atoms with van der Waals surface area (Å²) < 4.78 is 1.62. The molecule has 1 atom stereocenters. The molecule has 10 heteroatoms. The highest BCUT2D eigenvalue weighted by Gasteiger charge is 2.44. The number of likely N-dealkylation sites (N-methyl/N-ethyl adjacent to an activating group) is 1. The maximum absolute atomic E-state index is 14.9. The Labute approximate surface area is 266 Å². The average molecular weight is 623 g/mol. The third-order valence-electron chi connectivity index (χ3n) is 9.29. The molecule has 1 saturated carbocycles. The van der Waals surface area contributed by atoms with E-state index in [-0.39, 0.29) is 35.5 Å². The van der Waals surface area contributed by atoms with Crippen molar-refractivity contribution in [3.8, 4) is 16.9 Å². The summed E-state index contributed by atoms with van der Waals surface area (Å²) in [6.45, 7) is 10.6. The van der Waals surface area contributed by atoms with Gasteiger partial charge in [-0.1, -0.05) is 50.2 Å². The molecule has 2 fully saturated rings. The first-order chi connectivity index (χ1) is 21.6. The highest BCUT2D eigenvalue weighted by atomic mass is 35.5. The van der Waals surface area contributed by atoms with Gasteiger partial charge >= 0.3 is 0 Å². The number of fused-ring (bicyclic) bond motifs is 5. The van der Waals surface area contributed by atoms with E-state index in [1.54, 1.807) is 22.7 Å². The van der Waals surface area contributed by atoms with Crippen LogP contribution in [0.3, 0.4) is 0 Å². The lowest BCUT2D eigenvalue weighted by molar-refractivity contribution is -0.128. The van der Waals surface area contributed by atoms with Crippen LogP contribution in [0.4, 0.5) is 11.4 Å². The molecule has 0 N–H and O–H groups in total. The molecule has 0 unspecified atom stereocenters. The second-order valence-electron chi connectivity index (χ2n) is 12.5. The molecule has 1 aromatic carbocycles. The molecule has 0 spiro atoms. The molecule has 2 aliphatic heterocycles. The van der Waals surface area contributed by atoms with Gasteiger partial charge in [-0.25, -0.2) is 4.98 Å². The summed E-state index contributed by atoms with van der Waals surface area (Å²) in [6.07, 6.45) is 5.36. The molecule has 4 aromatic rings. The van der Waals surface area contributed by atoms with E-state index in [1.165, 1.54) is 29.4 Å². The number of hydrogen-bond donors (Lipinski definition) is 0. The lowest BCUT2D eigenvalue weighted by Gasteiger charge is -2.47. The van der Waals surface area contributed by atoms with Gasteiger partial charge in [0.1, 0.15) is 17.4 Å². The molecule has 3 aliphatic rings. The summed E-state index contributed by atoms with van der Waals surface area (Å²) in [7, 11) is 1.62. The number of aryl methyl sites for hydroxylation is 1. The van der Waals surface area contributed by atoms with E-state index in [0.29, 0.717) is 52.1 Å². The quantitative estimate of drug-likeness (QED) is 0.270. The number of rotatable bonds is 5. The van der Waals surface area contributed by atoms with Gasteiger partial charge in [0, 0.05) is 37.3 Å². The van der Waals surface area contributed by atoms with Crippen LogP contribution in [-0.4, -0.2) is 64.0 Å². The van der Waals surface area contributed by atoms with Crippen LogP contribution in [-0.2, 0) is 9.59 Å². The molecular weight excluding hydrogens is 588 g/mol. The van der Waals surface area contributed by atoms with Crippen LogP contribution in [0.5, 0.6) is 0 Å². The maximum Gasteiger partial charge on any atom is 0.283 e. The van der Waals surface area contributed by atoms with Gasteiger partial charge in [0.15, 0.2) is 0 Å². The van der Waals surface area contributed by atoms with Crippen molar-refractivity contribution < 1.29 is 9.59 Å². The molecular formula is C35H35ClN6O3. The Morgan fingerprint density at radius 2 is 1.87 bits per heavy atom. The van der Waals surface area contributed by atoms with Gasteiger partial charge in [0.2, 0.25) is 5.91 Å². The Bertz CT molecular complexity index is 1980. The van der Waals surface area contributed by atoms with Gasteiger partial charge in [-0.2, -0.15) is 0 Å². The van der Waals surface area contributed by atoms with E-state index in [4.69, 9.17) is 21.6 Å². The van der Waals surface area contributed by atoms with Crippen LogP contribution < -0.4 is 15.4 Å². The second-order valence-corrected chi connectivity index (χ2v) is 12.9. The molecule has 3 aromatic heterocycles. The topological polar surface area (TPSA) is 91.6 Å². The number of benzene rings is 1. The van der Waals surface area contributed by atoms with E-state index < -0.39 is 6.04 Å². The van der Waals surface area contributed by atoms with Crippen molar-refractivity contribution in [1.29, 1.82) is 0 Å². The standard InChI is InChI=1S/C35H35ClN6O3/c1-6-27(43)40-14-15-41-26(18-40)34(44)39(5)32-31(41)24-17-25(36)29(23-9-7-8-22(16-23)21-10-11-21)38-33(24)42(35(32)45)30-20(4)12-13-37-28(30)19(2)3/h6-9,12-13,16-17,19,21,26H,1,10-11,14-15,18H2,2-5H3/t26-/m1/s1. The summed E-state index contributed by atoms with van der Waals surface area (Å²) in [4.78, 5) is 56.1. The molecule has 0 radical (unpaired) electrons. The Balaban J connectivity index is 1.55. The van der Waals surface area contributed by atoms with Crippen molar-refractivity contribution in [2.45, 2.75) is 51.5 Å². The van der Waals surface area contributed by atoms with Crippen LogP contribution in [0.1, 0.15) is 55.3 Å². The van der Waals surface area contributed by atoms with Gasteiger partial charge in [0.25, 0.3) is 11.5 Å².